The van der Waals surface area contributed by atoms with E-state index in [9.17, 15) is 9.90 Å². The van der Waals surface area contributed by atoms with Crippen LogP contribution in [0.4, 0.5) is 0 Å². The van der Waals surface area contributed by atoms with Gasteiger partial charge in [0.2, 0.25) is 0 Å². The van der Waals surface area contributed by atoms with Crippen LogP contribution >= 0.6 is 0 Å². The van der Waals surface area contributed by atoms with Gasteiger partial charge in [0.1, 0.15) is 12.2 Å². The normalized spacial score (nSPS) is 17.8. The second-order valence-electron chi connectivity index (χ2n) is 2.46. The monoisotopic (exact) mass is 193 g/mol. The van der Waals surface area contributed by atoms with E-state index in [0.717, 1.165) is 0 Å². The van der Waals surface area contributed by atoms with E-state index in [2.05, 4.69) is 10.3 Å². The average molecular weight is 193 g/mol. The predicted octanol–water partition coefficient (Wildman–Crippen LogP) is -2.19. The van der Waals surface area contributed by atoms with Crippen molar-refractivity contribution in [2.45, 2.75) is 25.2 Å². The summed E-state index contributed by atoms with van der Waals surface area (Å²) in [5, 5.41) is 26.6. The van der Waals surface area contributed by atoms with Gasteiger partial charge in [0, 0.05) is 6.54 Å². The molecule has 0 aliphatic carbocycles. The van der Waals surface area contributed by atoms with E-state index in [0.29, 0.717) is 12.8 Å². The molecule has 6 nitrogen and oxygen atoms in total. The lowest BCUT2D eigenvalue weighted by Gasteiger charge is -2.21. The molecule has 0 aromatic heterocycles. The maximum atomic E-state index is 10.4. The van der Waals surface area contributed by atoms with E-state index in [1.165, 1.54) is 0 Å². The number of carbonyl (C=O) groups excluding carboxylic acids is 1. The molecule has 0 aliphatic rings. The van der Waals surface area contributed by atoms with Crippen molar-refractivity contribution in [3.63, 3.8) is 0 Å². The summed E-state index contributed by atoms with van der Waals surface area (Å²) in [5.41, 5.74) is 2.38. The van der Waals surface area contributed by atoms with Gasteiger partial charge in [0.15, 0.2) is 12.4 Å². The van der Waals surface area contributed by atoms with Crippen LogP contribution in [0.1, 0.15) is 6.92 Å². The van der Waals surface area contributed by atoms with E-state index in [-0.39, 0.29) is 0 Å². The van der Waals surface area contributed by atoms with Crippen molar-refractivity contribution in [3.8, 4) is 0 Å². The number of aliphatic hydroxyl groups is 3. The van der Waals surface area contributed by atoms with E-state index >= 15 is 0 Å². The Kier molecular flexibility index (Phi) is 6.65. The maximum absolute atomic E-state index is 10.4. The topological polar surface area (TPSA) is 99.0 Å². The first-order valence-electron chi connectivity index (χ1n) is 3.98. The number of carbonyl (C=O) groups is 1. The van der Waals surface area contributed by atoms with Crippen LogP contribution in [0.2, 0.25) is 0 Å². The van der Waals surface area contributed by atoms with Crippen molar-refractivity contribution in [2.24, 2.45) is 0 Å². The molecular weight excluding hydrogens is 178 g/mol. The highest BCUT2D eigenvalue weighted by Crippen LogP contribution is 2.00. The molecule has 0 heterocycles. The molecule has 0 spiro atoms. The first-order chi connectivity index (χ1) is 6.17. The minimum absolute atomic E-state index is 0.353. The number of hydrogen-bond acceptors (Lipinski definition) is 6. The smallest absolute Gasteiger partial charge is 0.162 e. The van der Waals surface area contributed by atoms with Crippen LogP contribution in [0.5, 0.6) is 0 Å². The molecule has 3 atom stereocenters. The highest BCUT2D eigenvalue weighted by atomic mass is 16.7. The minimum atomic E-state index is -1.43. The fraction of sp³-hybridized carbons (Fsp3) is 0.857. The molecule has 0 fully saturated rings. The molecule has 0 radical (unpaired) electrons. The number of hydroxylamine groups is 1. The Hall–Kier alpha value is -0.530. The Morgan fingerprint density at radius 3 is 2.54 bits per heavy atom. The highest BCUT2D eigenvalue weighted by molar-refractivity contribution is 5.57. The van der Waals surface area contributed by atoms with Gasteiger partial charge in [-0.05, 0) is 0 Å². The zero-order valence-corrected chi connectivity index (χ0v) is 7.38. The van der Waals surface area contributed by atoms with Crippen LogP contribution in [0.15, 0.2) is 0 Å². The molecule has 0 saturated heterocycles. The SMILES string of the molecule is CCNO[C@@H](C=O)[C@H](O)[C@H](O)CO. The standard InChI is InChI=1S/C7H15NO5/c1-2-8-13-6(4-10)7(12)5(11)3-9/h4-9,11-12H,2-3H2,1H3/t5-,6+,7-/m1/s1. The first-order valence-corrected chi connectivity index (χ1v) is 3.98. The molecule has 6 heteroatoms. The predicted molar refractivity (Wildman–Crippen MR) is 43.7 cm³/mol. The Morgan fingerprint density at radius 2 is 2.15 bits per heavy atom. The molecule has 0 aromatic rings. The first kappa shape index (κ1) is 12.5. The summed E-state index contributed by atoms with van der Waals surface area (Å²) in [5.74, 6) is 0. The van der Waals surface area contributed by atoms with E-state index in [4.69, 9.17) is 10.2 Å². The molecule has 0 unspecified atom stereocenters. The molecule has 0 aromatic carbocycles. The summed E-state index contributed by atoms with van der Waals surface area (Å²) < 4.78 is 0. The van der Waals surface area contributed by atoms with Gasteiger partial charge in [-0.2, -0.15) is 0 Å². The van der Waals surface area contributed by atoms with Crippen LogP contribution in [0.25, 0.3) is 0 Å². The lowest BCUT2D eigenvalue weighted by Crippen LogP contribution is -2.44. The Morgan fingerprint density at radius 1 is 1.54 bits per heavy atom. The molecule has 0 saturated carbocycles. The largest absolute Gasteiger partial charge is 0.394 e. The van der Waals surface area contributed by atoms with Crippen LogP contribution in [0, 0.1) is 0 Å². The molecule has 0 aliphatic heterocycles. The van der Waals surface area contributed by atoms with E-state index < -0.39 is 24.9 Å². The molecule has 0 rings (SSSR count). The zero-order valence-electron chi connectivity index (χ0n) is 7.38. The van der Waals surface area contributed by atoms with Crippen LogP contribution in [0.3, 0.4) is 0 Å². The average Bonchev–Trinajstić information content (AvgIpc) is 2.17. The Labute approximate surface area is 76.1 Å². The molecule has 4 N–H and O–H groups in total. The minimum Gasteiger partial charge on any atom is -0.394 e. The fourth-order valence-corrected chi connectivity index (χ4v) is 0.684. The fourth-order valence-electron chi connectivity index (χ4n) is 0.684. The summed E-state index contributed by atoms with van der Waals surface area (Å²) in [6.45, 7) is 1.59. The van der Waals surface area contributed by atoms with Crippen LogP contribution < -0.4 is 5.48 Å². The van der Waals surface area contributed by atoms with Crippen molar-refractivity contribution in [3.05, 3.63) is 0 Å². The van der Waals surface area contributed by atoms with Gasteiger partial charge < -0.3 is 20.1 Å². The van der Waals surface area contributed by atoms with E-state index in [1.54, 1.807) is 6.92 Å². The summed E-state index contributed by atoms with van der Waals surface area (Å²) >= 11 is 0. The second kappa shape index (κ2) is 6.93. The quantitative estimate of drug-likeness (QED) is 0.271. The molecule has 0 bridgehead atoms. The molecule has 0 amide bonds. The second-order valence-corrected chi connectivity index (χ2v) is 2.46. The van der Waals surface area contributed by atoms with Crippen molar-refractivity contribution >= 4 is 6.29 Å². The van der Waals surface area contributed by atoms with Crippen molar-refractivity contribution in [1.29, 1.82) is 0 Å². The van der Waals surface area contributed by atoms with Crippen LogP contribution in [-0.2, 0) is 9.63 Å². The lowest BCUT2D eigenvalue weighted by molar-refractivity contribution is -0.148. The van der Waals surface area contributed by atoms with Gasteiger partial charge in [-0.3, -0.25) is 4.84 Å². The summed E-state index contributed by atoms with van der Waals surface area (Å²) in [6, 6.07) is 0. The van der Waals surface area contributed by atoms with Crippen molar-refractivity contribution in [2.75, 3.05) is 13.2 Å². The van der Waals surface area contributed by atoms with Gasteiger partial charge in [0.05, 0.1) is 6.61 Å². The third kappa shape index (κ3) is 4.30. The highest BCUT2D eigenvalue weighted by Gasteiger charge is 2.26. The summed E-state index contributed by atoms with van der Waals surface area (Å²) in [6.07, 6.45) is -3.64. The Balaban J connectivity index is 3.97. The van der Waals surface area contributed by atoms with Gasteiger partial charge >= 0.3 is 0 Å². The number of rotatable bonds is 7. The van der Waals surface area contributed by atoms with Crippen LogP contribution in [-0.4, -0.2) is 53.1 Å². The third-order valence-corrected chi connectivity index (χ3v) is 1.42. The molecular formula is C7H15NO5. The lowest BCUT2D eigenvalue weighted by atomic mass is 10.1. The molecule has 13 heavy (non-hydrogen) atoms. The van der Waals surface area contributed by atoms with Crippen molar-refractivity contribution < 1.29 is 25.0 Å². The van der Waals surface area contributed by atoms with Gasteiger partial charge in [-0.25, -0.2) is 5.48 Å². The zero-order chi connectivity index (χ0) is 10.3. The number of hydrogen-bond donors (Lipinski definition) is 4. The van der Waals surface area contributed by atoms with Gasteiger partial charge in [-0.15, -0.1) is 0 Å². The number of aliphatic hydroxyl groups excluding tert-OH is 3. The number of aldehydes is 1. The number of nitrogens with one attached hydrogen (secondary N) is 1. The molecule has 78 valence electrons. The Bertz CT molecular complexity index is 143. The maximum Gasteiger partial charge on any atom is 0.162 e. The van der Waals surface area contributed by atoms with Crippen molar-refractivity contribution in [1.82, 2.24) is 5.48 Å². The van der Waals surface area contributed by atoms with Gasteiger partial charge in [0.25, 0.3) is 0 Å². The summed E-state index contributed by atoms with van der Waals surface area (Å²) in [4.78, 5) is 15.0. The van der Waals surface area contributed by atoms with Gasteiger partial charge in [-0.1, -0.05) is 6.92 Å². The van der Waals surface area contributed by atoms with E-state index in [1.807, 2.05) is 0 Å². The summed E-state index contributed by atoms with van der Waals surface area (Å²) in [7, 11) is 0. The third-order valence-electron chi connectivity index (χ3n) is 1.42.